The number of rotatable bonds is 6. The minimum absolute atomic E-state index is 0.0175. The molecule has 0 atom stereocenters. The molecule has 0 saturated heterocycles. The van der Waals surface area contributed by atoms with E-state index >= 15 is 0 Å². The quantitative estimate of drug-likeness (QED) is 0.607. The number of carbonyl (C=O) groups is 1. The van der Waals surface area contributed by atoms with Gasteiger partial charge in [-0.15, -0.1) is 0 Å². The first-order chi connectivity index (χ1) is 12.0. The maximum atomic E-state index is 12.1. The fourth-order valence-corrected chi connectivity index (χ4v) is 2.31. The summed E-state index contributed by atoms with van der Waals surface area (Å²) in [5.41, 5.74) is 2.90. The maximum absolute atomic E-state index is 12.1. The smallest absolute Gasteiger partial charge is 0.275 e. The van der Waals surface area contributed by atoms with E-state index in [9.17, 15) is 9.90 Å². The van der Waals surface area contributed by atoms with Crippen LogP contribution in [-0.2, 0) is 0 Å². The fourth-order valence-electron chi connectivity index (χ4n) is 2.14. The van der Waals surface area contributed by atoms with Gasteiger partial charge in [0.1, 0.15) is 5.75 Å². The Morgan fingerprint density at radius 2 is 1.84 bits per heavy atom. The molecule has 0 unspecified atom stereocenters. The third kappa shape index (κ3) is 4.13. The molecule has 2 N–H and O–H groups in total. The Labute approximate surface area is 149 Å². The number of nitrogens with zero attached hydrogens (tertiary/aromatic N) is 1. The van der Waals surface area contributed by atoms with E-state index in [0.29, 0.717) is 27.8 Å². The first kappa shape index (κ1) is 18.4. The van der Waals surface area contributed by atoms with Gasteiger partial charge in [-0.1, -0.05) is 11.6 Å². The van der Waals surface area contributed by atoms with Gasteiger partial charge in [-0.3, -0.25) is 4.79 Å². The number of phenols is 1. The molecule has 0 aliphatic carbocycles. The van der Waals surface area contributed by atoms with Gasteiger partial charge in [0.05, 0.1) is 33.1 Å². The number of nitrogens with one attached hydrogen (secondary N) is 1. The van der Waals surface area contributed by atoms with Crippen molar-refractivity contribution in [3.8, 4) is 23.0 Å². The average Bonchev–Trinajstić information content (AvgIpc) is 2.62. The second kappa shape index (κ2) is 8.25. The number of carbonyl (C=O) groups excluding carboxylic acids is 1. The van der Waals surface area contributed by atoms with E-state index in [-0.39, 0.29) is 11.3 Å². The van der Waals surface area contributed by atoms with Gasteiger partial charge in [0.25, 0.3) is 5.91 Å². The third-order valence-corrected chi connectivity index (χ3v) is 3.54. The molecule has 0 fully saturated rings. The lowest BCUT2D eigenvalue weighted by molar-refractivity contribution is 0.0952. The number of benzene rings is 2. The first-order valence-electron chi connectivity index (χ1n) is 7.12. The molecule has 0 heterocycles. The number of hydrogen-bond acceptors (Lipinski definition) is 6. The second-order valence-corrected chi connectivity index (χ2v) is 5.22. The van der Waals surface area contributed by atoms with Crippen LogP contribution in [0, 0.1) is 0 Å². The monoisotopic (exact) mass is 364 g/mol. The number of amides is 1. The highest BCUT2D eigenvalue weighted by Crippen LogP contribution is 2.38. The van der Waals surface area contributed by atoms with Gasteiger partial charge in [-0.25, -0.2) is 5.43 Å². The van der Waals surface area contributed by atoms with Gasteiger partial charge in [-0.2, -0.15) is 5.10 Å². The number of aromatic hydroxyl groups is 1. The van der Waals surface area contributed by atoms with Crippen molar-refractivity contribution in [1.29, 1.82) is 0 Å². The minimum Gasteiger partial charge on any atom is -0.507 e. The van der Waals surface area contributed by atoms with E-state index in [4.69, 9.17) is 25.8 Å². The van der Waals surface area contributed by atoms with Crippen LogP contribution in [0.15, 0.2) is 35.4 Å². The number of ether oxygens (including phenoxy) is 3. The number of halogens is 1. The molecule has 2 rings (SSSR count). The van der Waals surface area contributed by atoms with Crippen molar-refractivity contribution in [3.63, 3.8) is 0 Å². The molecule has 1 amide bonds. The average molecular weight is 365 g/mol. The Hall–Kier alpha value is -2.93. The number of hydrogen-bond donors (Lipinski definition) is 2. The molecule has 8 heteroatoms. The van der Waals surface area contributed by atoms with Crippen molar-refractivity contribution >= 4 is 23.7 Å². The van der Waals surface area contributed by atoms with Crippen LogP contribution in [0.1, 0.15) is 15.9 Å². The predicted octanol–water partition coefficient (Wildman–Crippen LogP) is 2.84. The zero-order chi connectivity index (χ0) is 18.4. The number of methoxy groups -OCH3 is 3. The summed E-state index contributed by atoms with van der Waals surface area (Å²) in [7, 11) is 4.49. The van der Waals surface area contributed by atoms with Gasteiger partial charge < -0.3 is 19.3 Å². The van der Waals surface area contributed by atoms with Crippen molar-refractivity contribution in [2.45, 2.75) is 0 Å². The van der Waals surface area contributed by atoms with Crippen LogP contribution >= 0.6 is 11.6 Å². The van der Waals surface area contributed by atoms with Crippen LogP contribution in [0.5, 0.6) is 23.0 Å². The summed E-state index contributed by atoms with van der Waals surface area (Å²) in [5.74, 6) is 0.527. The predicted molar refractivity (Wildman–Crippen MR) is 94.3 cm³/mol. The minimum atomic E-state index is -0.601. The Bertz CT molecular complexity index is 808. The fraction of sp³-hybridized carbons (Fsp3) is 0.176. The van der Waals surface area contributed by atoms with Crippen molar-refractivity contribution in [2.75, 3.05) is 21.3 Å². The van der Waals surface area contributed by atoms with E-state index in [1.807, 2.05) is 0 Å². The van der Waals surface area contributed by atoms with Crippen molar-refractivity contribution in [1.82, 2.24) is 5.43 Å². The molecule has 132 valence electrons. The molecule has 0 aliphatic rings. The van der Waals surface area contributed by atoms with Crippen LogP contribution in [-0.4, -0.2) is 38.6 Å². The van der Waals surface area contributed by atoms with E-state index in [1.54, 1.807) is 12.1 Å². The molecular formula is C17H17ClN2O5. The van der Waals surface area contributed by atoms with E-state index in [2.05, 4.69) is 10.5 Å². The van der Waals surface area contributed by atoms with Crippen LogP contribution in [0.3, 0.4) is 0 Å². The van der Waals surface area contributed by atoms with Gasteiger partial charge >= 0.3 is 0 Å². The maximum Gasteiger partial charge on any atom is 0.275 e. The zero-order valence-electron chi connectivity index (χ0n) is 13.9. The highest BCUT2D eigenvalue weighted by molar-refractivity contribution is 6.31. The van der Waals surface area contributed by atoms with E-state index in [0.717, 1.165) is 0 Å². The highest BCUT2D eigenvalue weighted by atomic mass is 35.5. The SMILES string of the molecule is COc1ccc(C=NNC(=O)c2cc(Cl)ccc2O)c(OC)c1OC. The van der Waals surface area contributed by atoms with Crippen molar-refractivity contribution in [2.24, 2.45) is 5.10 Å². The van der Waals surface area contributed by atoms with Crippen LogP contribution < -0.4 is 19.6 Å². The lowest BCUT2D eigenvalue weighted by Crippen LogP contribution is -2.17. The summed E-state index contributed by atoms with van der Waals surface area (Å²) in [6.07, 6.45) is 1.39. The van der Waals surface area contributed by atoms with Crippen molar-refractivity contribution in [3.05, 3.63) is 46.5 Å². The molecule has 0 bridgehead atoms. The number of hydrazone groups is 1. The van der Waals surface area contributed by atoms with E-state index < -0.39 is 5.91 Å². The van der Waals surface area contributed by atoms with Gasteiger partial charge in [-0.05, 0) is 30.3 Å². The molecule has 2 aromatic carbocycles. The van der Waals surface area contributed by atoms with E-state index in [1.165, 1.54) is 45.7 Å². The Morgan fingerprint density at radius 1 is 1.12 bits per heavy atom. The topological polar surface area (TPSA) is 89.4 Å². The lowest BCUT2D eigenvalue weighted by Gasteiger charge is -2.13. The molecule has 0 aromatic heterocycles. The molecule has 0 spiro atoms. The Morgan fingerprint density at radius 3 is 2.48 bits per heavy atom. The molecule has 25 heavy (non-hydrogen) atoms. The molecule has 2 aromatic rings. The van der Waals surface area contributed by atoms with Crippen LogP contribution in [0.2, 0.25) is 5.02 Å². The van der Waals surface area contributed by atoms with Crippen LogP contribution in [0.25, 0.3) is 0 Å². The summed E-state index contributed by atoms with van der Waals surface area (Å²) < 4.78 is 15.8. The second-order valence-electron chi connectivity index (χ2n) is 4.78. The largest absolute Gasteiger partial charge is 0.507 e. The van der Waals surface area contributed by atoms with Gasteiger partial charge in [0.2, 0.25) is 5.75 Å². The summed E-state index contributed by atoms with van der Waals surface area (Å²) in [4.78, 5) is 12.1. The summed E-state index contributed by atoms with van der Waals surface area (Å²) >= 11 is 5.82. The molecule has 0 radical (unpaired) electrons. The molecule has 0 saturated carbocycles. The number of phenolic OH excluding ortho intramolecular Hbond substituents is 1. The Kier molecular flexibility index (Phi) is 6.08. The first-order valence-corrected chi connectivity index (χ1v) is 7.50. The molecule has 7 nitrogen and oxygen atoms in total. The van der Waals surface area contributed by atoms with Gasteiger partial charge in [0.15, 0.2) is 11.5 Å². The third-order valence-electron chi connectivity index (χ3n) is 3.31. The lowest BCUT2D eigenvalue weighted by atomic mass is 10.2. The zero-order valence-corrected chi connectivity index (χ0v) is 14.6. The van der Waals surface area contributed by atoms with Gasteiger partial charge in [0, 0.05) is 10.6 Å². The Balaban J connectivity index is 2.22. The summed E-state index contributed by atoms with van der Waals surface area (Å²) in [6.45, 7) is 0. The summed E-state index contributed by atoms with van der Waals surface area (Å²) in [5, 5.41) is 13.9. The van der Waals surface area contributed by atoms with Crippen LogP contribution in [0.4, 0.5) is 0 Å². The summed E-state index contributed by atoms with van der Waals surface area (Å²) in [6, 6.07) is 7.54. The highest BCUT2D eigenvalue weighted by Gasteiger charge is 2.15. The molecular weight excluding hydrogens is 348 g/mol. The van der Waals surface area contributed by atoms with Crippen molar-refractivity contribution < 1.29 is 24.1 Å². The standard InChI is InChI=1S/C17H17ClN2O5/c1-23-14-7-4-10(15(24-2)16(14)25-3)9-19-20-17(22)12-8-11(18)5-6-13(12)21/h4-9,21H,1-3H3,(H,20,22). The molecule has 0 aliphatic heterocycles. The normalized spacial score (nSPS) is 10.6.